The van der Waals surface area contributed by atoms with Gasteiger partial charge in [0.15, 0.2) is 0 Å². The normalized spacial score (nSPS) is 16.3. The highest BCUT2D eigenvalue weighted by Crippen LogP contribution is 2.42. The molecule has 0 saturated heterocycles. The summed E-state index contributed by atoms with van der Waals surface area (Å²) in [4.78, 5) is 34.8. The first-order chi connectivity index (χ1) is 20.8. The molecule has 0 saturated carbocycles. The van der Waals surface area contributed by atoms with E-state index in [-0.39, 0.29) is 18.9 Å². The van der Waals surface area contributed by atoms with Crippen LogP contribution in [0.25, 0.3) is 0 Å². The minimum absolute atomic E-state index is 0.193. The zero-order valence-electron chi connectivity index (χ0n) is 24.5. The van der Waals surface area contributed by atoms with Crippen LogP contribution in [0.3, 0.4) is 0 Å². The number of ether oxygens (including phenoxy) is 3. The number of fused-ring (bicyclic) bond motifs is 1. The van der Waals surface area contributed by atoms with Crippen LogP contribution in [0.1, 0.15) is 48.6 Å². The standard InChI is InChI=1S/C35H33ClN2O5/c1-5-43-31(39)22-35(2)34(40)38(30-20-15-26(36)21-29(30)32(37-35)23-9-7-6-8-10-23)33(24-11-16-27(41-3)17-12-24)25-13-18-28(42-4)19-14-25/h6-21,33H,5,22H2,1-4H3/t35-/m1/s1. The largest absolute Gasteiger partial charge is 0.497 e. The lowest BCUT2D eigenvalue weighted by atomic mass is 9.91. The van der Waals surface area contributed by atoms with Crippen LogP contribution in [-0.4, -0.2) is 44.0 Å². The van der Waals surface area contributed by atoms with Gasteiger partial charge in [-0.05, 0) is 67.4 Å². The summed E-state index contributed by atoms with van der Waals surface area (Å²) in [7, 11) is 3.22. The highest BCUT2D eigenvalue weighted by Gasteiger charge is 2.46. The average molecular weight is 597 g/mol. The molecule has 0 aromatic heterocycles. The molecule has 0 N–H and O–H groups in total. The van der Waals surface area contributed by atoms with E-state index in [1.54, 1.807) is 39.0 Å². The second-order valence-corrected chi connectivity index (χ2v) is 10.8. The SMILES string of the molecule is CCOC(=O)C[C@@]1(C)N=C(c2ccccc2)c2cc(Cl)ccc2N(C(c2ccc(OC)cc2)c2ccc(OC)cc2)C1=O. The third-order valence-corrected chi connectivity index (χ3v) is 7.71. The van der Waals surface area contributed by atoms with Crippen LogP contribution in [0, 0.1) is 0 Å². The molecule has 1 aliphatic rings. The van der Waals surface area contributed by atoms with E-state index >= 15 is 0 Å². The van der Waals surface area contributed by atoms with Crippen LogP contribution in [0.5, 0.6) is 11.5 Å². The molecule has 0 fully saturated rings. The average Bonchev–Trinajstić information content (AvgIpc) is 3.11. The first kappa shape index (κ1) is 29.9. The molecule has 4 aromatic carbocycles. The van der Waals surface area contributed by atoms with Gasteiger partial charge in [-0.25, -0.2) is 0 Å². The smallest absolute Gasteiger partial charge is 0.308 e. The maximum Gasteiger partial charge on any atom is 0.308 e. The monoisotopic (exact) mass is 596 g/mol. The zero-order valence-corrected chi connectivity index (χ0v) is 25.3. The maximum atomic E-state index is 15.0. The van der Waals surface area contributed by atoms with Gasteiger partial charge in [0, 0.05) is 16.1 Å². The minimum atomic E-state index is -1.50. The number of aliphatic imine (C=N–C) groups is 1. The Morgan fingerprint density at radius 1 is 0.884 bits per heavy atom. The number of rotatable bonds is 9. The number of halogens is 1. The van der Waals surface area contributed by atoms with E-state index in [2.05, 4.69) is 0 Å². The summed E-state index contributed by atoms with van der Waals surface area (Å²) >= 11 is 6.58. The van der Waals surface area contributed by atoms with E-state index in [1.165, 1.54) is 0 Å². The van der Waals surface area contributed by atoms with Crippen molar-refractivity contribution in [1.82, 2.24) is 0 Å². The molecule has 43 heavy (non-hydrogen) atoms. The van der Waals surface area contributed by atoms with Gasteiger partial charge in [0.1, 0.15) is 17.0 Å². The number of anilines is 1. The summed E-state index contributed by atoms with van der Waals surface area (Å²) < 4.78 is 16.2. The van der Waals surface area contributed by atoms with Crippen LogP contribution in [0.15, 0.2) is 102 Å². The number of hydrogen-bond donors (Lipinski definition) is 0. The van der Waals surface area contributed by atoms with E-state index in [9.17, 15) is 9.59 Å². The van der Waals surface area contributed by atoms with Crippen molar-refractivity contribution in [3.8, 4) is 11.5 Å². The molecule has 7 nitrogen and oxygen atoms in total. The fourth-order valence-electron chi connectivity index (χ4n) is 5.38. The lowest BCUT2D eigenvalue weighted by Gasteiger charge is -2.37. The number of methoxy groups -OCH3 is 2. The second-order valence-electron chi connectivity index (χ2n) is 10.4. The molecule has 0 radical (unpaired) electrons. The Labute approximate surface area is 256 Å². The van der Waals surface area contributed by atoms with Gasteiger partial charge < -0.3 is 14.2 Å². The maximum absolute atomic E-state index is 15.0. The molecule has 220 valence electrons. The third-order valence-electron chi connectivity index (χ3n) is 7.47. The van der Waals surface area contributed by atoms with E-state index < -0.39 is 17.6 Å². The number of carbonyl (C=O) groups excluding carboxylic acids is 2. The van der Waals surface area contributed by atoms with E-state index in [4.69, 9.17) is 30.8 Å². The molecule has 1 amide bonds. The van der Waals surface area contributed by atoms with Crippen LogP contribution in [-0.2, 0) is 14.3 Å². The predicted molar refractivity (Wildman–Crippen MR) is 169 cm³/mol. The van der Waals surface area contributed by atoms with Gasteiger partial charge in [-0.15, -0.1) is 0 Å². The Balaban J connectivity index is 1.81. The molecule has 0 unspecified atom stereocenters. The number of hydrogen-bond acceptors (Lipinski definition) is 6. The van der Waals surface area contributed by atoms with Crippen molar-refractivity contribution in [3.05, 3.63) is 124 Å². The van der Waals surface area contributed by atoms with Crippen LogP contribution in [0.2, 0.25) is 5.02 Å². The predicted octanol–water partition coefficient (Wildman–Crippen LogP) is 7.04. The number of benzene rings is 4. The van der Waals surface area contributed by atoms with Crippen LogP contribution < -0.4 is 14.4 Å². The van der Waals surface area contributed by atoms with Crippen molar-refractivity contribution in [2.24, 2.45) is 4.99 Å². The molecule has 0 spiro atoms. The molecule has 0 bridgehead atoms. The van der Waals surface area contributed by atoms with Crippen molar-refractivity contribution in [2.45, 2.75) is 31.8 Å². The summed E-state index contributed by atoms with van der Waals surface area (Å²) in [6.07, 6.45) is -0.244. The molecular weight excluding hydrogens is 564 g/mol. The number of amides is 1. The number of carbonyl (C=O) groups is 2. The number of nitrogens with zero attached hydrogens (tertiary/aromatic N) is 2. The quantitative estimate of drug-likeness (QED) is 0.194. The lowest BCUT2D eigenvalue weighted by molar-refractivity contribution is -0.146. The molecule has 5 rings (SSSR count). The molecule has 1 heterocycles. The Morgan fingerprint density at radius 2 is 1.47 bits per heavy atom. The zero-order chi connectivity index (χ0) is 30.6. The van der Waals surface area contributed by atoms with Gasteiger partial charge in [-0.3, -0.25) is 19.5 Å². The van der Waals surface area contributed by atoms with Gasteiger partial charge in [0.2, 0.25) is 0 Å². The van der Waals surface area contributed by atoms with E-state index in [0.29, 0.717) is 33.5 Å². The molecule has 1 aliphatic heterocycles. The van der Waals surface area contributed by atoms with Crippen molar-refractivity contribution in [3.63, 3.8) is 0 Å². The van der Waals surface area contributed by atoms with Crippen molar-refractivity contribution < 1.29 is 23.8 Å². The summed E-state index contributed by atoms with van der Waals surface area (Å²) in [6, 6.07) is 29.6. The fourth-order valence-corrected chi connectivity index (χ4v) is 5.55. The first-order valence-electron chi connectivity index (χ1n) is 14.0. The summed E-state index contributed by atoms with van der Waals surface area (Å²) in [5, 5.41) is 0.495. The summed E-state index contributed by atoms with van der Waals surface area (Å²) in [6.45, 7) is 3.62. The van der Waals surface area contributed by atoms with Crippen LogP contribution in [0.4, 0.5) is 5.69 Å². The Kier molecular flexibility index (Phi) is 8.83. The van der Waals surface area contributed by atoms with E-state index in [1.807, 2.05) is 91.0 Å². The molecule has 8 heteroatoms. The molecular formula is C35H33ClN2O5. The minimum Gasteiger partial charge on any atom is -0.497 e. The van der Waals surface area contributed by atoms with Gasteiger partial charge >= 0.3 is 5.97 Å². The van der Waals surface area contributed by atoms with Crippen molar-refractivity contribution in [2.75, 3.05) is 25.7 Å². The molecule has 1 atom stereocenters. The number of benzodiazepines with no additional fused rings is 1. The first-order valence-corrected chi connectivity index (χ1v) is 14.4. The molecule has 0 aliphatic carbocycles. The Hall–Kier alpha value is -4.62. The fraction of sp³-hybridized carbons (Fsp3) is 0.229. The van der Waals surface area contributed by atoms with Gasteiger partial charge in [-0.1, -0.05) is 66.2 Å². The topological polar surface area (TPSA) is 77.4 Å². The lowest BCUT2D eigenvalue weighted by Crippen LogP contribution is -2.49. The van der Waals surface area contributed by atoms with Gasteiger partial charge in [-0.2, -0.15) is 0 Å². The van der Waals surface area contributed by atoms with Gasteiger partial charge in [0.25, 0.3) is 5.91 Å². The van der Waals surface area contributed by atoms with Crippen LogP contribution >= 0.6 is 11.6 Å². The second kappa shape index (κ2) is 12.7. The Morgan fingerprint density at radius 3 is 2.00 bits per heavy atom. The highest BCUT2D eigenvalue weighted by molar-refractivity contribution is 6.32. The summed E-state index contributed by atoms with van der Waals surface area (Å²) in [5.41, 5.74) is 2.81. The van der Waals surface area contributed by atoms with Gasteiger partial charge in [0.05, 0.1) is 44.7 Å². The Bertz CT molecular complexity index is 1590. The van der Waals surface area contributed by atoms with Crippen molar-refractivity contribution in [1.29, 1.82) is 0 Å². The third kappa shape index (κ3) is 6.13. The highest BCUT2D eigenvalue weighted by atomic mass is 35.5. The summed E-state index contributed by atoms with van der Waals surface area (Å²) in [5.74, 6) is 0.512. The molecule has 4 aromatic rings. The van der Waals surface area contributed by atoms with E-state index in [0.717, 1.165) is 16.7 Å². The van der Waals surface area contributed by atoms with Crippen molar-refractivity contribution >= 4 is 34.9 Å². The number of esters is 1.